The number of carbonyl (C=O) groups excluding carboxylic acids is 2. The highest BCUT2D eigenvalue weighted by atomic mass is 16.5. The van der Waals surface area contributed by atoms with E-state index in [0.29, 0.717) is 25.4 Å². The molecule has 1 aliphatic rings. The van der Waals surface area contributed by atoms with E-state index in [9.17, 15) is 9.59 Å². The molecule has 0 unspecified atom stereocenters. The molecule has 1 aromatic heterocycles. The van der Waals surface area contributed by atoms with Crippen molar-refractivity contribution in [2.45, 2.75) is 19.8 Å². The smallest absolute Gasteiger partial charge is 0.310 e. The van der Waals surface area contributed by atoms with Crippen LogP contribution in [0, 0.1) is 5.92 Å². The van der Waals surface area contributed by atoms with Crippen molar-refractivity contribution in [2.75, 3.05) is 19.7 Å². The Bertz CT molecular complexity index is 467. The average Bonchev–Trinajstić information content (AvgIpc) is 2.84. The molecule has 0 saturated carbocycles. The molecule has 1 aromatic rings. The number of hydrogen-bond donors (Lipinski definition) is 0. The molecule has 5 nitrogen and oxygen atoms in total. The molecule has 19 heavy (non-hydrogen) atoms. The summed E-state index contributed by atoms with van der Waals surface area (Å²) in [6.07, 6.45) is 3.50. The van der Waals surface area contributed by atoms with E-state index in [4.69, 9.17) is 4.74 Å². The van der Waals surface area contributed by atoms with E-state index in [-0.39, 0.29) is 17.8 Å². The lowest BCUT2D eigenvalue weighted by atomic mass is 9.98. The molecule has 0 spiro atoms. The van der Waals surface area contributed by atoms with Crippen LogP contribution in [0.4, 0.5) is 0 Å². The van der Waals surface area contributed by atoms with Gasteiger partial charge in [-0.25, -0.2) is 0 Å². The molecule has 0 N–H and O–H groups in total. The molecule has 1 aliphatic heterocycles. The van der Waals surface area contributed by atoms with Gasteiger partial charge in [-0.05, 0) is 31.9 Å². The monoisotopic (exact) mass is 264 g/mol. The van der Waals surface area contributed by atoms with Crippen LogP contribution in [0.5, 0.6) is 0 Å². The van der Waals surface area contributed by atoms with Crippen LogP contribution in [0.1, 0.15) is 30.3 Å². The van der Waals surface area contributed by atoms with Crippen LogP contribution in [0.25, 0.3) is 0 Å². The fraction of sp³-hybridized carbons (Fsp3) is 0.571. The van der Waals surface area contributed by atoms with Gasteiger partial charge in [0.15, 0.2) is 0 Å². The van der Waals surface area contributed by atoms with E-state index in [1.54, 1.807) is 22.5 Å². The van der Waals surface area contributed by atoms with Gasteiger partial charge in [-0.2, -0.15) is 0 Å². The fourth-order valence-electron chi connectivity index (χ4n) is 2.46. The summed E-state index contributed by atoms with van der Waals surface area (Å²) in [7, 11) is 1.85. The molecule has 1 saturated heterocycles. The SMILES string of the molecule is CCOC(=O)[C@@H]1CCCN(C(=O)c2cccn2C)C1. The third kappa shape index (κ3) is 2.97. The summed E-state index contributed by atoms with van der Waals surface area (Å²) in [4.78, 5) is 25.9. The lowest BCUT2D eigenvalue weighted by Gasteiger charge is -2.31. The number of aromatic nitrogens is 1. The van der Waals surface area contributed by atoms with Gasteiger partial charge in [0.05, 0.1) is 12.5 Å². The number of nitrogens with zero attached hydrogens (tertiary/aromatic N) is 2. The Morgan fingerprint density at radius 3 is 2.89 bits per heavy atom. The Morgan fingerprint density at radius 1 is 1.47 bits per heavy atom. The maximum Gasteiger partial charge on any atom is 0.310 e. The summed E-state index contributed by atoms with van der Waals surface area (Å²) in [6, 6.07) is 3.65. The Labute approximate surface area is 113 Å². The zero-order valence-electron chi connectivity index (χ0n) is 11.5. The molecule has 104 valence electrons. The molecule has 1 atom stereocenters. The predicted molar refractivity (Wildman–Crippen MR) is 70.7 cm³/mol. The largest absolute Gasteiger partial charge is 0.466 e. The Balaban J connectivity index is 2.03. The van der Waals surface area contributed by atoms with Crippen LogP contribution in [0.3, 0.4) is 0 Å². The number of ether oxygens (including phenoxy) is 1. The minimum Gasteiger partial charge on any atom is -0.466 e. The zero-order valence-corrected chi connectivity index (χ0v) is 11.5. The number of hydrogen-bond acceptors (Lipinski definition) is 3. The van der Waals surface area contributed by atoms with Crippen LogP contribution in [0.2, 0.25) is 0 Å². The summed E-state index contributed by atoms with van der Waals surface area (Å²) in [5.74, 6) is -0.383. The predicted octanol–water partition coefficient (Wildman–Crippen LogP) is 1.44. The molecule has 0 bridgehead atoms. The molecule has 2 heterocycles. The summed E-state index contributed by atoms with van der Waals surface area (Å²) >= 11 is 0. The van der Waals surface area contributed by atoms with E-state index in [1.807, 2.05) is 19.3 Å². The topological polar surface area (TPSA) is 51.5 Å². The van der Waals surface area contributed by atoms with Gasteiger partial charge in [0.1, 0.15) is 5.69 Å². The highest BCUT2D eigenvalue weighted by Crippen LogP contribution is 2.19. The second-order valence-corrected chi connectivity index (χ2v) is 4.85. The third-order valence-electron chi connectivity index (χ3n) is 3.49. The molecule has 2 rings (SSSR count). The van der Waals surface area contributed by atoms with Gasteiger partial charge in [-0.15, -0.1) is 0 Å². The van der Waals surface area contributed by atoms with Gasteiger partial charge in [-0.3, -0.25) is 9.59 Å². The number of esters is 1. The minimum atomic E-state index is -0.188. The quantitative estimate of drug-likeness (QED) is 0.776. The summed E-state index contributed by atoms with van der Waals surface area (Å²) < 4.78 is 6.84. The minimum absolute atomic E-state index is 0.0125. The van der Waals surface area contributed by atoms with E-state index in [0.717, 1.165) is 12.8 Å². The van der Waals surface area contributed by atoms with Crippen molar-refractivity contribution in [3.05, 3.63) is 24.0 Å². The lowest BCUT2D eigenvalue weighted by Crippen LogP contribution is -2.43. The first-order valence-corrected chi connectivity index (χ1v) is 6.70. The first-order chi connectivity index (χ1) is 9.13. The van der Waals surface area contributed by atoms with Gasteiger partial charge in [0.25, 0.3) is 5.91 Å². The van der Waals surface area contributed by atoms with Crippen LogP contribution >= 0.6 is 0 Å². The standard InChI is InChI=1S/C14H20N2O3/c1-3-19-14(18)11-6-4-9-16(10-11)13(17)12-7-5-8-15(12)2/h5,7-8,11H,3-4,6,9-10H2,1-2H3/t11-/m1/s1. The lowest BCUT2D eigenvalue weighted by molar-refractivity contribution is -0.149. The number of aryl methyl sites for hydroxylation is 1. The highest BCUT2D eigenvalue weighted by molar-refractivity contribution is 5.93. The molecule has 1 fully saturated rings. The average molecular weight is 264 g/mol. The number of piperidine rings is 1. The Morgan fingerprint density at radius 2 is 2.26 bits per heavy atom. The molecule has 5 heteroatoms. The van der Waals surface area contributed by atoms with Crippen molar-refractivity contribution < 1.29 is 14.3 Å². The van der Waals surface area contributed by atoms with Gasteiger partial charge < -0.3 is 14.2 Å². The first kappa shape index (κ1) is 13.6. The van der Waals surface area contributed by atoms with E-state index >= 15 is 0 Å². The van der Waals surface area contributed by atoms with Crippen molar-refractivity contribution in [3.63, 3.8) is 0 Å². The fourth-order valence-corrected chi connectivity index (χ4v) is 2.46. The van der Waals surface area contributed by atoms with Gasteiger partial charge in [0, 0.05) is 26.3 Å². The van der Waals surface area contributed by atoms with Crippen molar-refractivity contribution in [2.24, 2.45) is 13.0 Å². The van der Waals surface area contributed by atoms with E-state index < -0.39 is 0 Å². The van der Waals surface area contributed by atoms with Crippen LogP contribution in [-0.2, 0) is 16.6 Å². The van der Waals surface area contributed by atoms with E-state index in [1.165, 1.54) is 0 Å². The summed E-state index contributed by atoms with van der Waals surface area (Å²) in [5.41, 5.74) is 0.657. The van der Waals surface area contributed by atoms with Gasteiger partial charge in [-0.1, -0.05) is 0 Å². The Kier molecular flexibility index (Phi) is 4.24. The normalized spacial score (nSPS) is 19.3. The molecule has 0 radical (unpaired) electrons. The van der Waals surface area contributed by atoms with E-state index in [2.05, 4.69) is 0 Å². The summed E-state index contributed by atoms with van der Waals surface area (Å²) in [6.45, 7) is 3.36. The molecule has 1 amide bonds. The van der Waals surface area contributed by atoms with Crippen molar-refractivity contribution in [1.29, 1.82) is 0 Å². The molecule has 0 aliphatic carbocycles. The zero-order chi connectivity index (χ0) is 13.8. The van der Waals surface area contributed by atoms with Crippen molar-refractivity contribution in [3.8, 4) is 0 Å². The van der Waals surface area contributed by atoms with Crippen molar-refractivity contribution >= 4 is 11.9 Å². The number of amides is 1. The number of carbonyl (C=O) groups is 2. The van der Waals surface area contributed by atoms with Crippen LogP contribution in [-0.4, -0.2) is 41.0 Å². The second kappa shape index (κ2) is 5.91. The first-order valence-electron chi connectivity index (χ1n) is 6.70. The maximum atomic E-state index is 12.4. The van der Waals surface area contributed by atoms with Gasteiger partial charge >= 0.3 is 5.97 Å². The Hall–Kier alpha value is -1.78. The molecule has 0 aromatic carbocycles. The second-order valence-electron chi connectivity index (χ2n) is 4.85. The highest BCUT2D eigenvalue weighted by Gasteiger charge is 2.30. The van der Waals surface area contributed by atoms with Crippen LogP contribution < -0.4 is 0 Å². The molecular weight excluding hydrogens is 244 g/mol. The number of likely N-dealkylation sites (tertiary alicyclic amines) is 1. The van der Waals surface area contributed by atoms with Gasteiger partial charge in [0.2, 0.25) is 0 Å². The maximum absolute atomic E-state index is 12.4. The summed E-state index contributed by atoms with van der Waals surface area (Å²) in [5, 5.41) is 0. The van der Waals surface area contributed by atoms with Crippen LogP contribution in [0.15, 0.2) is 18.3 Å². The van der Waals surface area contributed by atoms with Crippen molar-refractivity contribution in [1.82, 2.24) is 9.47 Å². The molecular formula is C14H20N2O3. The third-order valence-corrected chi connectivity index (χ3v) is 3.49. The number of rotatable bonds is 3.